The zero-order valence-electron chi connectivity index (χ0n) is 18.0. The van der Waals surface area contributed by atoms with Crippen LogP contribution in [-0.2, 0) is 5.41 Å². The first kappa shape index (κ1) is 21.8. The van der Waals surface area contributed by atoms with E-state index in [1.54, 1.807) is 31.3 Å². The molecule has 2 aromatic carbocycles. The molecule has 0 fully saturated rings. The maximum atomic E-state index is 11.5. The van der Waals surface area contributed by atoms with Crippen LogP contribution in [0.1, 0.15) is 39.5 Å². The van der Waals surface area contributed by atoms with Crippen molar-refractivity contribution in [1.82, 2.24) is 9.97 Å². The van der Waals surface area contributed by atoms with Gasteiger partial charge >= 0.3 is 5.97 Å². The number of carbonyl (C=O) groups is 1. The second-order valence-corrected chi connectivity index (χ2v) is 8.13. The molecular formula is C24H20N6O3. The summed E-state index contributed by atoms with van der Waals surface area (Å²) in [4.78, 5) is 20.3. The summed E-state index contributed by atoms with van der Waals surface area (Å²) >= 11 is 0. The molecule has 1 aliphatic rings. The number of rotatable bonds is 5. The van der Waals surface area contributed by atoms with Gasteiger partial charge in [-0.3, -0.25) is 0 Å². The van der Waals surface area contributed by atoms with Gasteiger partial charge in [0.05, 0.1) is 40.7 Å². The summed E-state index contributed by atoms with van der Waals surface area (Å²) in [6.45, 7) is 4.01. The van der Waals surface area contributed by atoms with Gasteiger partial charge in [0.15, 0.2) is 0 Å². The van der Waals surface area contributed by atoms with E-state index in [2.05, 4.69) is 26.7 Å². The Morgan fingerprint density at radius 2 is 2.06 bits per heavy atom. The summed E-state index contributed by atoms with van der Waals surface area (Å²) < 4.78 is 0. The molecule has 0 spiro atoms. The summed E-state index contributed by atoms with van der Waals surface area (Å²) in [6.07, 6.45) is 1.55. The van der Waals surface area contributed by atoms with E-state index in [9.17, 15) is 25.5 Å². The van der Waals surface area contributed by atoms with Gasteiger partial charge < -0.3 is 20.8 Å². The van der Waals surface area contributed by atoms with Gasteiger partial charge in [-0.05, 0) is 48.4 Å². The quantitative estimate of drug-likeness (QED) is 0.467. The van der Waals surface area contributed by atoms with Crippen LogP contribution in [0.15, 0.2) is 36.5 Å². The number of benzene rings is 2. The van der Waals surface area contributed by atoms with E-state index in [4.69, 9.17) is 0 Å². The van der Waals surface area contributed by atoms with Crippen LogP contribution in [0.4, 0.5) is 17.3 Å². The van der Waals surface area contributed by atoms with Crippen LogP contribution in [0, 0.1) is 29.6 Å². The Morgan fingerprint density at radius 1 is 1.27 bits per heavy atom. The normalized spacial score (nSPS) is 16.3. The van der Waals surface area contributed by atoms with Crippen LogP contribution in [0.5, 0.6) is 0 Å². The van der Waals surface area contributed by atoms with Crippen molar-refractivity contribution in [2.45, 2.75) is 19.3 Å². The maximum absolute atomic E-state index is 11.5. The van der Waals surface area contributed by atoms with E-state index in [0.29, 0.717) is 34.6 Å². The molecule has 33 heavy (non-hydrogen) atoms. The van der Waals surface area contributed by atoms with E-state index in [1.165, 1.54) is 6.07 Å². The molecule has 1 unspecified atom stereocenters. The van der Waals surface area contributed by atoms with Crippen LogP contribution in [0.3, 0.4) is 0 Å². The highest BCUT2D eigenvalue weighted by Crippen LogP contribution is 2.41. The minimum Gasteiger partial charge on any atom is -0.478 e. The van der Waals surface area contributed by atoms with Crippen molar-refractivity contribution in [3.8, 4) is 23.4 Å². The fourth-order valence-electron chi connectivity index (χ4n) is 3.90. The number of aliphatic hydroxyl groups is 1. The SMILES string of the molecule is Cc1c(Nc2nccc(-c3cc(C#N)c4c(c3)C(C)(CO)CN4)n2)cc(C#N)cc1C(=O)O. The number of hydrogen-bond acceptors (Lipinski definition) is 8. The zero-order valence-corrected chi connectivity index (χ0v) is 18.0. The fourth-order valence-corrected chi connectivity index (χ4v) is 3.90. The van der Waals surface area contributed by atoms with Gasteiger partial charge in [0, 0.05) is 29.4 Å². The highest BCUT2D eigenvalue weighted by Gasteiger charge is 2.36. The average molecular weight is 440 g/mol. The molecule has 3 aromatic rings. The molecule has 0 amide bonds. The maximum Gasteiger partial charge on any atom is 0.336 e. The summed E-state index contributed by atoms with van der Waals surface area (Å²) in [5.74, 6) is -0.922. The molecule has 4 rings (SSSR count). The molecule has 0 saturated carbocycles. The molecule has 9 nitrogen and oxygen atoms in total. The van der Waals surface area contributed by atoms with Crippen molar-refractivity contribution in [3.63, 3.8) is 0 Å². The van der Waals surface area contributed by atoms with Crippen molar-refractivity contribution in [2.24, 2.45) is 0 Å². The summed E-state index contributed by atoms with van der Waals surface area (Å²) in [5, 5.41) is 44.5. The van der Waals surface area contributed by atoms with Crippen molar-refractivity contribution in [1.29, 1.82) is 10.5 Å². The Morgan fingerprint density at radius 3 is 2.73 bits per heavy atom. The minimum atomic E-state index is -1.13. The molecule has 9 heteroatoms. The van der Waals surface area contributed by atoms with Crippen molar-refractivity contribution in [3.05, 3.63) is 64.3 Å². The van der Waals surface area contributed by atoms with Gasteiger partial charge in [-0.1, -0.05) is 6.92 Å². The lowest BCUT2D eigenvalue weighted by Crippen LogP contribution is -2.28. The molecule has 164 valence electrons. The van der Waals surface area contributed by atoms with Crippen molar-refractivity contribution < 1.29 is 15.0 Å². The van der Waals surface area contributed by atoms with E-state index < -0.39 is 11.4 Å². The van der Waals surface area contributed by atoms with Crippen LogP contribution < -0.4 is 10.6 Å². The Balaban J connectivity index is 1.76. The van der Waals surface area contributed by atoms with Gasteiger partial charge in [0.2, 0.25) is 5.95 Å². The summed E-state index contributed by atoms with van der Waals surface area (Å²) in [5.41, 5.74) is 3.80. The number of carboxylic acids is 1. The molecule has 4 N–H and O–H groups in total. The van der Waals surface area contributed by atoms with E-state index in [1.807, 2.05) is 19.1 Å². The second-order valence-electron chi connectivity index (χ2n) is 8.13. The van der Waals surface area contributed by atoms with Crippen LogP contribution in [-0.4, -0.2) is 39.3 Å². The smallest absolute Gasteiger partial charge is 0.336 e. The number of anilines is 3. The monoisotopic (exact) mass is 440 g/mol. The number of nitrogens with zero attached hydrogens (tertiary/aromatic N) is 4. The first-order valence-electron chi connectivity index (χ1n) is 10.1. The molecular weight excluding hydrogens is 420 g/mol. The third kappa shape index (κ3) is 3.82. The molecule has 0 aliphatic carbocycles. The first-order valence-corrected chi connectivity index (χ1v) is 10.1. The zero-order chi connectivity index (χ0) is 23.8. The Labute approximate surface area is 190 Å². The number of fused-ring (bicyclic) bond motifs is 1. The topological polar surface area (TPSA) is 155 Å². The molecule has 2 heterocycles. The number of carboxylic acid groups (broad SMARTS) is 1. The summed E-state index contributed by atoms with van der Waals surface area (Å²) in [6, 6.07) is 12.4. The Hall–Kier alpha value is -4.47. The summed E-state index contributed by atoms with van der Waals surface area (Å²) in [7, 11) is 0. The number of aliphatic hydroxyl groups excluding tert-OH is 1. The molecule has 1 atom stereocenters. The van der Waals surface area contributed by atoms with Crippen LogP contribution >= 0.6 is 0 Å². The van der Waals surface area contributed by atoms with Gasteiger partial charge in [-0.25, -0.2) is 14.8 Å². The van der Waals surface area contributed by atoms with Crippen molar-refractivity contribution >= 4 is 23.3 Å². The lowest BCUT2D eigenvalue weighted by Gasteiger charge is -2.21. The average Bonchev–Trinajstić information content (AvgIpc) is 3.17. The fraction of sp³-hybridized carbons (Fsp3) is 0.208. The van der Waals surface area contributed by atoms with Gasteiger partial charge in [0.25, 0.3) is 0 Å². The highest BCUT2D eigenvalue weighted by molar-refractivity contribution is 5.92. The number of nitriles is 2. The predicted octanol–water partition coefficient (Wildman–Crippen LogP) is 3.31. The van der Waals surface area contributed by atoms with Crippen molar-refractivity contribution in [2.75, 3.05) is 23.8 Å². The number of aromatic carboxylic acids is 1. The molecule has 1 aliphatic heterocycles. The van der Waals surface area contributed by atoms with Gasteiger partial charge in [-0.2, -0.15) is 10.5 Å². The molecule has 0 bridgehead atoms. The number of aromatic nitrogens is 2. The van der Waals surface area contributed by atoms with E-state index in [-0.39, 0.29) is 23.7 Å². The standard InChI is InChI=1S/C24H20N6O3/c1-13-17(22(32)33)5-14(9-25)6-20(13)30-23-27-4-3-19(29-23)15-7-16(10-26)21-18(8-15)24(2,12-31)11-28-21/h3-8,28,31H,11-12H2,1-2H3,(H,32,33)(H,27,29,30). The highest BCUT2D eigenvalue weighted by atomic mass is 16.4. The number of hydrogen-bond donors (Lipinski definition) is 4. The Kier molecular flexibility index (Phi) is 5.42. The van der Waals surface area contributed by atoms with E-state index in [0.717, 1.165) is 11.3 Å². The largest absolute Gasteiger partial charge is 0.478 e. The third-order valence-corrected chi connectivity index (χ3v) is 5.88. The minimum absolute atomic E-state index is 0.0146. The molecule has 0 radical (unpaired) electrons. The second kappa shape index (κ2) is 8.23. The number of nitrogens with one attached hydrogen (secondary N) is 2. The first-order chi connectivity index (χ1) is 15.8. The lowest BCUT2D eigenvalue weighted by atomic mass is 9.83. The Bertz CT molecular complexity index is 1370. The third-order valence-electron chi connectivity index (χ3n) is 5.88. The van der Waals surface area contributed by atoms with Crippen LogP contribution in [0.25, 0.3) is 11.3 Å². The molecule has 0 saturated heterocycles. The van der Waals surface area contributed by atoms with E-state index >= 15 is 0 Å². The lowest BCUT2D eigenvalue weighted by molar-refractivity contribution is 0.0696. The predicted molar refractivity (Wildman–Crippen MR) is 121 cm³/mol. The van der Waals surface area contributed by atoms with Gasteiger partial charge in [0.1, 0.15) is 6.07 Å². The van der Waals surface area contributed by atoms with Gasteiger partial charge in [-0.15, -0.1) is 0 Å². The van der Waals surface area contributed by atoms with Crippen LogP contribution in [0.2, 0.25) is 0 Å². The molecule has 1 aromatic heterocycles.